The molecular weight excluding hydrogens is 240 g/mol. The van der Waals surface area contributed by atoms with Crippen molar-refractivity contribution in [3.63, 3.8) is 0 Å². The quantitative estimate of drug-likeness (QED) is 0.789. The van der Waals surface area contributed by atoms with Gasteiger partial charge in [-0.1, -0.05) is 6.92 Å². The highest BCUT2D eigenvalue weighted by atomic mass is 35.5. The third-order valence-corrected chi connectivity index (χ3v) is 2.80. The number of hydrogen-bond donors (Lipinski definition) is 1. The van der Waals surface area contributed by atoms with Crippen molar-refractivity contribution in [1.82, 2.24) is 10.2 Å². The molecule has 1 N–H and O–H groups in total. The number of halogens is 1. The number of amides is 1. The van der Waals surface area contributed by atoms with Crippen molar-refractivity contribution in [1.29, 1.82) is 0 Å². The fourth-order valence-electron chi connectivity index (χ4n) is 1.98. The molecule has 0 aromatic heterocycles. The molecule has 0 aliphatic carbocycles. The summed E-state index contributed by atoms with van der Waals surface area (Å²) >= 11 is 0. The molecule has 1 aliphatic rings. The molecule has 1 rings (SSSR count). The van der Waals surface area contributed by atoms with Gasteiger partial charge in [-0.05, 0) is 33.2 Å². The molecule has 0 aromatic carbocycles. The van der Waals surface area contributed by atoms with Crippen LogP contribution in [0.15, 0.2) is 0 Å². The van der Waals surface area contributed by atoms with E-state index in [2.05, 4.69) is 12.2 Å². The molecule has 1 saturated heterocycles. The van der Waals surface area contributed by atoms with Gasteiger partial charge in [-0.2, -0.15) is 0 Å². The van der Waals surface area contributed by atoms with Crippen molar-refractivity contribution in [2.75, 3.05) is 26.2 Å². The number of rotatable bonds is 6. The predicted molar refractivity (Wildman–Crippen MR) is 71.6 cm³/mol. The maximum Gasteiger partial charge on any atom is 0.248 e. The van der Waals surface area contributed by atoms with E-state index in [9.17, 15) is 4.79 Å². The second-order valence-corrected chi connectivity index (χ2v) is 4.59. The van der Waals surface area contributed by atoms with Gasteiger partial charge in [0.2, 0.25) is 5.91 Å². The van der Waals surface area contributed by atoms with Crippen molar-refractivity contribution in [2.45, 2.75) is 45.8 Å². The third-order valence-electron chi connectivity index (χ3n) is 2.80. The van der Waals surface area contributed by atoms with Gasteiger partial charge in [-0.25, -0.2) is 0 Å². The van der Waals surface area contributed by atoms with E-state index >= 15 is 0 Å². The van der Waals surface area contributed by atoms with Gasteiger partial charge in [0.15, 0.2) is 0 Å². The molecular formula is C12H25ClN2O2. The van der Waals surface area contributed by atoms with Crippen LogP contribution in [-0.2, 0) is 9.53 Å². The summed E-state index contributed by atoms with van der Waals surface area (Å²) in [5.41, 5.74) is 0. The SMILES string of the molecule is CCCN(C(=O)COC(C)C)C1CCNC1.Cl. The molecule has 5 heteroatoms. The molecule has 1 heterocycles. The fourth-order valence-corrected chi connectivity index (χ4v) is 1.98. The van der Waals surface area contributed by atoms with Gasteiger partial charge in [0.1, 0.15) is 6.61 Å². The van der Waals surface area contributed by atoms with Gasteiger partial charge in [0, 0.05) is 19.1 Å². The summed E-state index contributed by atoms with van der Waals surface area (Å²) in [5, 5.41) is 3.30. The van der Waals surface area contributed by atoms with E-state index in [4.69, 9.17) is 4.74 Å². The van der Waals surface area contributed by atoms with E-state index < -0.39 is 0 Å². The molecule has 102 valence electrons. The fraction of sp³-hybridized carbons (Fsp3) is 0.917. The third kappa shape index (κ3) is 5.70. The number of nitrogens with zero attached hydrogens (tertiary/aromatic N) is 1. The smallest absolute Gasteiger partial charge is 0.248 e. The predicted octanol–water partition coefficient (Wildman–Crippen LogP) is 1.43. The van der Waals surface area contributed by atoms with Crippen LogP contribution in [-0.4, -0.2) is 49.2 Å². The highest BCUT2D eigenvalue weighted by Gasteiger charge is 2.25. The van der Waals surface area contributed by atoms with Crippen LogP contribution in [0.5, 0.6) is 0 Å². The minimum atomic E-state index is 0. The second-order valence-electron chi connectivity index (χ2n) is 4.59. The monoisotopic (exact) mass is 264 g/mol. The Hall–Kier alpha value is -0.320. The van der Waals surface area contributed by atoms with Crippen LogP contribution in [0.25, 0.3) is 0 Å². The van der Waals surface area contributed by atoms with E-state index in [0.717, 1.165) is 32.5 Å². The van der Waals surface area contributed by atoms with E-state index in [1.165, 1.54) is 0 Å². The van der Waals surface area contributed by atoms with Gasteiger partial charge >= 0.3 is 0 Å². The van der Waals surface area contributed by atoms with Crippen molar-refractivity contribution < 1.29 is 9.53 Å². The molecule has 1 atom stereocenters. The van der Waals surface area contributed by atoms with Gasteiger partial charge in [0.25, 0.3) is 0 Å². The zero-order chi connectivity index (χ0) is 12.0. The maximum absolute atomic E-state index is 12.0. The van der Waals surface area contributed by atoms with Crippen LogP contribution in [0.2, 0.25) is 0 Å². The van der Waals surface area contributed by atoms with Gasteiger partial charge in [-0.3, -0.25) is 4.79 Å². The zero-order valence-electron chi connectivity index (χ0n) is 11.1. The molecule has 0 spiro atoms. The summed E-state index contributed by atoms with van der Waals surface area (Å²) in [6.07, 6.45) is 2.19. The van der Waals surface area contributed by atoms with Crippen molar-refractivity contribution in [2.24, 2.45) is 0 Å². The summed E-state index contributed by atoms with van der Waals surface area (Å²) in [6.45, 7) is 9.01. The highest BCUT2D eigenvalue weighted by molar-refractivity contribution is 5.85. The molecule has 0 bridgehead atoms. The lowest BCUT2D eigenvalue weighted by molar-refractivity contribution is -0.139. The highest BCUT2D eigenvalue weighted by Crippen LogP contribution is 2.10. The minimum Gasteiger partial charge on any atom is -0.369 e. The van der Waals surface area contributed by atoms with Crippen molar-refractivity contribution >= 4 is 18.3 Å². The molecule has 1 unspecified atom stereocenters. The van der Waals surface area contributed by atoms with Crippen LogP contribution in [0, 0.1) is 0 Å². The van der Waals surface area contributed by atoms with E-state index in [-0.39, 0.29) is 31.0 Å². The van der Waals surface area contributed by atoms with Crippen LogP contribution in [0.4, 0.5) is 0 Å². The molecule has 0 saturated carbocycles. The first-order valence-electron chi connectivity index (χ1n) is 6.27. The van der Waals surface area contributed by atoms with Crippen LogP contribution >= 0.6 is 12.4 Å². The normalized spacial score (nSPS) is 19.2. The van der Waals surface area contributed by atoms with Gasteiger partial charge < -0.3 is 15.0 Å². The topological polar surface area (TPSA) is 41.6 Å². The number of carbonyl (C=O) groups excluding carboxylic acids is 1. The first-order chi connectivity index (χ1) is 7.65. The Morgan fingerprint density at radius 3 is 2.71 bits per heavy atom. The molecule has 1 aliphatic heterocycles. The van der Waals surface area contributed by atoms with E-state index in [0.29, 0.717) is 6.04 Å². The lowest BCUT2D eigenvalue weighted by Gasteiger charge is -2.28. The van der Waals surface area contributed by atoms with Crippen molar-refractivity contribution in [3.8, 4) is 0 Å². The summed E-state index contributed by atoms with van der Waals surface area (Å²) in [6, 6.07) is 0.364. The van der Waals surface area contributed by atoms with Gasteiger partial charge in [-0.15, -0.1) is 12.4 Å². The van der Waals surface area contributed by atoms with Crippen LogP contribution < -0.4 is 5.32 Å². The first-order valence-corrected chi connectivity index (χ1v) is 6.27. The Morgan fingerprint density at radius 2 is 2.24 bits per heavy atom. The average Bonchev–Trinajstić information content (AvgIpc) is 2.75. The molecule has 4 nitrogen and oxygen atoms in total. The van der Waals surface area contributed by atoms with E-state index in [1.807, 2.05) is 18.7 Å². The lowest BCUT2D eigenvalue weighted by atomic mass is 10.2. The zero-order valence-corrected chi connectivity index (χ0v) is 11.9. The first kappa shape index (κ1) is 16.7. The lowest BCUT2D eigenvalue weighted by Crippen LogP contribution is -2.44. The molecule has 0 aromatic rings. The summed E-state index contributed by atoms with van der Waals surface area (Å²) < 4.78 is 5.38. The van der Waals surface area contributed by atoms with E-state index in [1.54, 1.807) is 0 Å². The average molecular weight is 265 g/mol. The Balaban J connectivity index is 0.00000256. The Labute approximate surface area is 110 Å². The molecule has 0 radical (unpaired) electrons. The number of hydrogen-bond acceptors (Lipinski definition) is 3. The number of carbonyl (C=O) groups is 1. The van der Waals surface area contributed by atoms with Crippen LogP contribution in [0.3, 0.4) is 0 Å². The number of ether oxygens (including phenoxy) is 1. The summed E-state index contributed by atoms with van der Waals surface area (Å²) in [4.78, 5) is 14.0. The Bertz CT molecular complexity index is 219. The summed E-state index contributed by atoms with van der Waals surface area (Å²) in [5.74, 6) is 0.129. The largest absolute Gasteiger partial charge is 0.369 e. The minimum absolute atomic E-state index is 0. The molecule has 17 heavy (non-hydrogen) atoms. The Kier molecular flexibility index (Phi) is 8.56. The summed E-state index contributed by atoms with van der Waals surface area (Å²) in [7, 11) is 0. The maximum atomic E-state index is 12.0. The standard InChI is InChI=1S/C12H24N2O2.ClH/c1-4-7-14(11-5-6-13-8-11)12(15)9-16-10(2)3;/h10-11,13H,4-9H2,1-3H3;1H. The molecule has 1 amide bonds. The number of nitrogens with one attached hydrogen (secondary N) is 1. The van der Waals surface area contributed by atoms with Gasteiger partial charge in [0.05, 0.1) is 6.10 Å². The van der Waals surface area contributed by atoms with Crippen LogP contribution in [0.1, 0.15) is 33.6 Å². The Morgan fingerprint density at radius 1 is 1.53 bits per heavy atom. The molecule has 1 fully saturated rings. The second kappa shape index (κ2) is 8.72. The van der Waals surface area contributed by atoms with Crippen molar-refractivity contribution in [3.05, 3.63) is 0 Å².